The average Bonchev–Trinajstić information content (AvgIpc) is 2.87. The molecular weight excluding hydrogens is 512 g/mol. The molecule has 0 radical (unpaired) electrons. The van der Waals surface area contributed by atoms with E-state index in [1.807, 2.05) is 0 Å². The minimum absolute atomic E-state index is 0.0293. The smallest absolute Gasteiger partial charge is 0.335 e. The number of phenolic OH excluding ortho intramolecular Hbond substituents is 1. The molecule has 0 fully saturated rings. The number of anilines is 1. The molecule has 0 bridgehead atoms. The number of fused-ring (bicyclic) bond motifs is 1. The Labute approximate surface area is 219 Å². The van der Waals surface area contributed by atoms with Gasteiger partial charge in [0.1, 0.15) is 5.75 Å². The third kappa shape index (κ3) is 5.62. The Morgan fingerprint density at radius 1 is 0.921 bits per heavy atom. The zero-order valence-electron chi connectivity index (χ0n) is 20.8. The zero-order valence-corrected chi connectivity index (χ0v) is 21.6. The number of carboxylic acids is 1. The van der Waals surface area contributed by atoms with E-state index < -0.39 is 56.6 Å². The number of nitrogens with two attached hydrogens (primary N) is 3. The number of aliphatic carboxylic acids is 1. The third-order valence-electron chi connectivity index (χ3n) is 6.17. The topological polar surface area (TPSA) is 207 Å². The van der Waals surface area contributed by atoms with Gasteiger partial charge in [-0.3, -0.25) is 9.59 Å². The Hall–Kier alpha value is -4.00. The van der Waals surface area contributed by atoms with Crippen molar-refractivity contribution in [2.24, 2.45) is 17.4 Å². The fourth-order valence-corrected chi connectivity index (χ4v) is 5.71. The van der Waals surface area contributed by atoms with Gasteiger partial charge in [-0.15, -0.1) is 0 Å². The van der Waals surface area contributed by atoms with Gasteiger partial charge in [0, 0.05) is 16.5 Å². The molecule has 0 saturated heterocycles. The maximum absolute atomic E-state index is 14.0. The summed E-state index contributed by atoms with van der Waals surface area (Å²) >= 11 is 0. The third-order valence-corrected chi connectivity index (χ3v) is 7.99. The van der Waals surface area contributed by atoms with Crippen LogP contribution in [0.2, 0.25) is 0 Å². The fourth-order valence-electron chi connectivity index (χ4n) is 3.97. The quantitative estimate of drug-likeness (QED) is 0.183. The highest BCUT2D eigenvalue weighted by Crippen LogP contribution is 2.31. The van der Waals surface area contributed by atoms with E-state index in [0.29, 0.717) is 10.9 Å². The van der Waals surface area contributed by atoms with E-state index in [1.54, 1.807) is 32.0 Å². The first kappa shape index (κ1) is 28.6. The van der Waals surface area contributed by atoms with Crippen molar-refractivity contribution in [3.8, 4) is 5.75 Å². The molecule has 3 rings (SSSR count). The van der Waals surface area contributed by atoms with Gasteiger partial charge in [-0.2, -0.15) is 0 Å². The first-order valence-electron chi connectivity index (χ1n) is 11.7. The molecule has 202 valence electrons. The van der Waals surface area contributed by atoms with Crippen molar-refractivity contribution in [3.63, 3.8) is 0 Å². The highest BCUT2D eigenvalue weighted by Gasteiger charge is 2.47. The van der Waals surface area contributed by atoms with E-state index in [2.05, 4.69) is 0 Å². The molecular formula is C26H30N4O7S. The van der Waals surface area contributed by atoms with Crippen molar-refractivity contribution in [1.29, 1.82) is 0 Å². The Morgan fingerprint density at radius 3 is 2.05 bits per heavy atom. The predicted molar refractivity (Wildman–Crippen MR) is 141 cm³/mol. The number of Topliss-reactive ketones (excluding diaryl/α,β-unsaturated/α-hetero) is 1. The van der Waals surface area contributed by atoms with Crippen molar-refractivity contribution in [1.82, 2.24) is 4.31 Å². The second-order valence-corrected chi connectivity index (χ2v) is 11.0. The van der Waals surface area contributed by atoms with Gasteiger partial charge in [-0.25, -0.2) is 17.5 Å². The molecule has 0 heterocycles. The largest absolute Gasteiger partial charge is 0.508 e. The van der Waals surface area contributed by atoms with Crippen LogP contribution in [0.4, 0.5) is 5.69 Å². The van der Waals surface area contributed by atoms with Gasteiger partial charge in [0.2, 0.25) is 6.04 Å². The molecule has 38 heavy (non-hydrogen) atoms. The predicted octanol–water partition coefficient (Wildman–Crippen LogP) is 1.22. The van der Waals surface area contributed by atoms with Crippen molar-refractivity contribution in [2.75, 3.05) is 5.73 Å². The minimum atomic E-state index is -4.97. The lowest BCUT2D eigenvalue weighted by Gasteiger charge is -2.32. The first-order valence-corrected chi connectivity index (χ1v) is 13.1. The number of nitrogens with zero attached hydrogens (tertiary/aromatic N) is 1. The van der Waals surface area contributed by atoms with E-state index in [4.69, 9.17) is 17.2 Å². The number of hydrogen-bond acceptors (Lipinski definition) is 9. The second-order valence-electron chi connectivity index (χ2n) is 9.23. The molecule has 3 aromatic rings. The Morgan fingerprint density at radius 2 is 1.50 bits per heavy atom. The number of carbonyl (C=O) groups excluding carboxylic acids is 2. The lowest BCUT2D eigenvalue weighted by atomic mass is 9.97. The number of amides is 1. The highest BCUT2D eigenvalue weighted by molar-refractivity contribution is 7.90. The monoisotopic (exact) mass is 542 g/mol. The molecule has 8 N–H and O–H groups in total. The number of sulfonamides is 1. The van der Waals surface area contributed by atoms with Crippen molar-refractivity contribution in [2.45, 2.75) is 43.3 Å². The van der Waals surface area contributed by atoms with E-state index in [0.717, 1.165) is 6.07 Å². The highest BCUT2D eigenvalue weighted by atomic mass is 32.2. The number of phenols is 1. The van der Waals surface area contributed by atoms with E-state index >= 15 is 0 Å². The van der Waals surface area contributed by atoms with E-state index in [9.17, 15) is 33.0 Å². The van der Waals surface area contributed by atoms with Crippen LogP contribution in [0.1, 0.15) is 19.4 Å². The minimum Gasteiger partial charge on any atom is -0.508 e. The molecule has 12 heteroatoms. The number of carbonyl (C=O) groups is 3. The number of benzene rings is 3. The van der Waals surface area contributed by atoms with Gasteiger partial charge >= 0.3 is 5.97 Å². The second kappa shape index (κ2) is 11.2. The van der Waals surface area contributed by atoms with Crippen LogP contribution in [-0.4, -0.2) is 58.7 Å². The Balaban J connectivity index is 2.17. The Bertz CT molecular complexity index is 1470. The molecule has 3 atom stereocenters. The summed E-state index contributed by atoms with van der Waals surface area (Å²) in [5, 5.41) is 20.0. The number of hydrogen-bond donors (Lipinski definition) is 5. The molecule has 0 spiro atoms. The van der Waals surface area contributed by atoms with Crippen LogP contribution < -0.4 is 17.2 Å². The lowest BCUT2D eigenvalue weighted by molar-refractivity contribution is -0.151. The molecule has 0 aliphatic carbocycles. The van der Waals surface area contributed by atoms with E-state index in [1.165, 1.54) is 36.4 Å². The van der Waals surface area contributed by atoms with Crippen LogP contribution in [0, 0.1) is 5.92 Å². The summed E-state index contributed by atoms with van der Waals surface area (Å²) in [6, 6.07) is 8.94. The molecule has 0 aliphatic heterocycles. The molecule has 0 aliphatic rings. The molecule has 0 aromatic heterocycles. The van der Waals surface area contributed by atoms with Crippen LogP contribution in [0.5, 0.6) is 5.75 Å². The summed E-state index contributed by atoms with van der Waals surface area (Å²) in [5.74, 6) is -4.97. The number of nitrogen functional groups attached to an aromatic ring is 1. The molecule has 3 unspecified atom stereocenters. The summed E-state index contributed by atoms with van der Waals surface area (Å²) < 4.78 is 28.1. The van der Waals surface area contributed by atoms with Crippen molar-refractivity contribution < 1.29 is 33.0 Å². The summed E-state index contributed by atoms with van der Waals surface area (Å²) in [5.41, 5.74) is 18.8. The summed E-state index contributed by atoms with van der Waals surface area (Å²) in [7, 11) is -4.97. The van der Waals surface area contributed by atoms with Crippen LogP contribution in [0.25, 0.3) is 10.8 Å². The zero-order chi connectivity index (χ0) is 28.4. The first-order chi connectivity index (χ1) is 17.8. The van der Waals surface area contributed by atoms with Gasteiger partial charge in [0.15, 0.2) is 5.78 Å². The molecule has 0 saturated carbocycles. The van der Waals surface area contributed by atoms with Crippen LogP contribution in [0.3, 0.4) is 0 Å². The molecule has 3 aromatic carbocycles. The molecule has 11 nitrogen and oxygen atoms in total. The summed E-state index contributed by atoms with van der Waals surface area (Å²) in [4.78, 5) is 38.9. The SMILES string of the molecule is CC(C)C(N)C(=O)N(C(C(=O)O)C(=O)C(N)Cc1ccc(O)cc1)S(=O)(=O)c1ccc(N)c2ccccc12. The van der Waals surface area contributed by atoms with Gasteiger partial charge in [0.05, 0.1) is 17.0 Å². The van der Waals surface area contributed by atoms with Crippen molar-refractivity contribution in [3.05, 3.63) is 66.2 Å². The number of rotatable bonds is 10. The number of aromatic hydroxyl groups is 1. The maximum Gasteiger partial charge on any atom is 0.335 e. The fraction of sp³-hybridized carbons (Fsp3) is 0.269. The standard InChI is InChI=1S/C26H30N4O7S/c1-14(2)22(29)25(33)30(38(36,37)21-12-11-19(27)17-5-3-4-6-18(17)21)23(26(34)35)24(32)20(28)13-15-7-9-16(31)10-8-15/h3-12,14,20,22-23,31H,13,27-29H2,1-2H3,(H,34,35). The normalized spacial score (nSPS) is 14.1. The number of carboxylic acid groups (broad SMARTS) is 1. The number of ketones is 1. The van der Waals surface area contributed by atoms with Gasteiger partial charge in [0.25, 0.3) is 15.9 Å². The van der Waals surface area contributed by atoms with Crippen LogP contribution in [0.15, 0.2) is 65.6 Å². The van der Waals surface area contributed by atoms with Crippen LogP contribution in [-0.2, 0) is 30.8 Å². The maximum atomic E-state index is 14.0. The van der Waals surface area contributed by atoms with Crippen LogP contribution >= 0.6 is 0 Å². The average molecular weight is 543 g/mol. The van der Waals surface area contributed by atoms with Gasteiger partial charge in [-0.05, 0) is 42.2 Å². The summed E-state index contributed by atoms with van der Waals surface area (Å²) in [6.45, 7) is 3.11. The summed E-state index contributed by atoms with van der Waals surface area (Å²) in [6.07, 6.45) is -0.175. The van der Waals surface area contributed by atoms with Crippen molar-refractivity contribution >= 4 is 44.1 Å². The van der Waals surface area contributed by atoms with E-state index in [-0.39, 0.29) is 27.5 Å². The lowest BCUT2D eigenvalue weighted by Crippen LogP contribution is -2.60. The van der Waals surface area contributed by atoms with Gasteiger partial charge in [-0.1, -0.05) is 50.2 Å². The Kier molecular flexibility index (Phi) is 8.40. The molecule has 1 amide bonds. The van der Waals surface area contributed by atoms with Gasteiger partial charge < -0.3 is 27.4 Å².